The van der Waals surface area contributed by atoms with Gasteiger partial charge < -0.3 is 4.42 Å². The highest BCUT2D eigenvalue weighted by Crippen LogP contribution is 2.42. The first-order valence-corrected chi connectivity index (χ1v) is 19.5. The maximum Gasteiger partial charge on any atom is 0.167 e. The van der Waals surface area contributed by atoms with E-state index in [4.69, 9.17) is 19.4 Å². The van der Waals surface area contributed by atoms with Gasteiger partial charge in [0.2, 0.25) is 0 Å². The van der Waals surface area contributed by atoms with Crippen LogP contribution in [0.4, 0.5) is 0 Å². The molecule has 0 spiro atoms. The van der Waals surface area contributed by atoms with Gasteiger partial charge in [0.15, 0.2) is 17.5 Å². The van der Waals surface area contributed by atoms with Crippen LogP contribution in [0.15, 0.2) is 192 Å². The van der Waals surface area contributed by atoms with Crippen LogP contribution in [0.1, 0.15) is 0 Å². The second-order valence-electron chi connectivity index (χ2n) is 14.0. The third kappa shape index (κ3) is 5.56. The number of hydrogen-bond acceptors (Lipinski definition) is 5. The Morgan fingerprint density at radius 3 is 1.57 bits per heavy atom. The zero-order valence-electron chi connectivity index (χ0n) is 30.1. The molecule has 11 aromatic rings. The molecule has 0 aliphatic carbocycles. The molecule has 4 nitrogen and oxygen atoms in total. The van der Waals surface area contributed by atoms with E-state index < -0.39 is 0 Å². The Bertz CT molecular complexity index is 3220. The van der Waals surface area contributed by atoms with E-state index >= 15 is 0 Å². The second kappa shape index (κ2) is 13.3. The van der Waals surface area contributed by atoms with Crippen molar-refractivity contribution < 1.29 is 4.42 Å². The van der Waals surface area contributed by atoms with Crippen LogP contribution in [0.25, 0.3) is 110 Å². The number of aromatic nitrogens is 3. The normalized spacial score (nSPS) is 11.6. The molecule has 0 atom stereocenters. The van der Waals surface area contributed by atoms with Crippen molar-refractivity contribution in [1.29, 1.82) is 0 Å². The minimum Gasteiger partial charge on any atom is -0.455 e. The minimum atomic E-state index is 0.575. The number of hydrogen-bond donors (Lipinski definition) is 0. The van der Waals surface area contributed by atoms with Crippen LogP contribution in [0.3, 0.4) is 0 Å². The standard InChI is InChI=1S/C51H31N3OS/c1-3-11-32(12-4-1)33-21-23-34(24-22-33)35-25-27-36(28-26-35)38-29-30-45-43(31-38)47-41(17-10-20-46(47)56-45)50-52-49(37-13-5-2-6-14-37)53-51(54-50)42-18-9-16-40-39-15-7-8-19-44(39)55-48(40)42/h1-31H. The van der Waals surface area contributed by atoms with Gasteiger partial charge in [0.05, 0.1) is 5.56 Å². The Labute approximate surface area is 327 Å². The number of rotatable bonds is 6. The van der Waals surface area contributed by atoms with Crippen LogP contribution in [-0.2, 0) is 0 Å². The van der Waals surface area contributed by atoms with Crippen molar-refractivity contribution in [2.75, 3.05) is 0 Å². The molecule has 0 unspecified atom stereocenters. The van der Waals surface area contributed by atoms with Gasteiger partial charge in [0.25, 0.3) is 0 Å². The molecule has 0 aliphatic heterocycles. The van der Waals surface area contributed by atoms with Crippen LogP contribution in [0.2, 0.25) is 0 Å². The van der Waals surface area contributed by atoms with Gasteiger partial charge >= 0.3 is 0 Å². The molecule has 0 bridgehead atoms. The second-order valence-corrected chi connectivity index (χ2v) is 15.0. The van der Waals surface area contributed by atoms with Crippen molar-refractivity contribution in [3.05, 3.63) is 188 Å². The van der Waals surface area contributed by atoms with Crippen LogP contribution >= 0.6 is 11.3 Å². The van der Waals surface area contributed by atoms with E-state index in [1.54, 1.807) is 11.3 Å². The van der Waals surface area contributed by atoms with Gasteiger partial charge in [-0.15, -0.1) is 11.3 Å². The maximum atomic E-state index is 6.45. The Morgan fingerprint density at radius 1 is 0.339 bits per heavy atom. The number of para-hydroxylation sites is 2. The summed E-state index contributed by atoms with van der Waals surface area (Å²) >= 11 is 1.79. The highest BCUT2D eigenvalue weighted by molar-refractivity contribution is 7.26. The summed E-state index contributed by atoms with van der Waals surface area (Å²) in [5.41, 5.74) is 11.5. The molecule has 0 N–H and O–H groups in total. The van der Waals surface area contributed by atoms with Crippen molar-refractivity contribution in [2.24, 2.45) is 0 Å². The van der Waals surface area contributed by atoms with E-state index in [2.05, 4.69) is 127 Å². The Kier molecular flexibility index (Phi) is 7.64. The van der Waals surface area contributed by atoms with Gasteiger partial charge in [-0.25, -0.2) is 15.0 Å². The predicted octanol–water partition coefficient (Wildman–Crippen LogP) is 14.1. The molecule has 0 amide bonds. The summed E-state index contributed by atoms with van der Waals surface area (Å²) in [5.74, 6) is 1.82. The number of nitrogens with zero attached hydrogens (tertiary/aromatic N) is 3. The monoisotopic (exact) mass is 733 g/mol. The van der Waals surface area contributed by atoms with Crippen molar-refractivity contribution in [3.8, 4) is 67.5 Å². The Hall–Kier alpha value is -7.21. The molecule has 3 aromatic heterocycles. The summed E-state index contributed by atoms with van der Waals surface area (Å²) in [5, 5.41) is 4.43. The number of benzene rings is 8. The third-order valence-electron chi connectivity index (χ3n) is 10.6. The third-order valence-corrected chi connectivity index (χ3v) is 11.7. The topological polar surface area (TPSA) is 51.8 Å². The fourth-order valence-electron chi connectivity index (χ4n) is 7.79. The minimum absolute atomic E-state index is 0.575. The van der Waals surface area contributed by atoms with Gasteiger partial charge in [-0.05, 0) is 63.7 Å². The summed E-state index contributed by atoms with van der Waals surface area (Å²) in [6, 6.07) is 65.8. The first-order chi connectivity index (χ1) is 27.7. The number of thiophene rings is 1. The molecule has 8 aromatic carbocycles. The largest absolute Gasteiger partial charge is 0.455 e. The van der Waals surface area contributed by atoms with Gasteiger partial charge in [0, 0.05) is 42.1 Å². The molecular formula is C51H31N3OS. The summed E-state index contributed by atoms with van der Waals surface area (Å²) < 4.78 is 8.86. The molecule has 0 fully saturated rings. The fraction of sp³-hybridized carbons (Fsp3) is 0. The number of furan rings is 1. The molecule has 0 saturated heterocycles. The first-order valence-electron chi connectivity index (χ1n) is 18.7. The molecular weight excluding hydrogens is 703 g/mol. The molecule has 0 saturated carbocycles. The molecule has 56 heavy (non-hydrogen) atoms. The van der Waals surface area contributed by atoms with Gasteiger partial charge in [-0.3, -0.25) is 0 Å². The smallest absolute Gasteiger partial charge is 0.167 e. The lowest BCUT2D eigenvalue weighted by atomic mass is 9.97. The van der Waals surface area contributed by atoms with Crippen molar-refractivity contribution in [3.63, 3.8) is 0 Å². The van der Waals surface area contributed by atoms with E-state index in [-0.39, 0.29) is 0 Å². The molecule has 0 aliphatic rings. The highest BCUT2D eigenvalue weighted by atomic mass is 32.1. The first kappa shape index (κ1) is 32.2. The molecule has 262 valence electrons. The van der Waals surface area contributed by atoms with Gasteiger partial charge in [-0.2, -0.15) is 0 Å². The van der Waals surface area contributed by atoms with Crippen LogP contribution in [0.5, 0.6) is 0 Å². The lowest BCUT2D eigenvalue weighted by Gasteiger charge is -2.10. The average molecular weight is 734 g/mol. The van der Waals surface area contributed by atoms with Crippen molar-refractivity contribution >= 4 is 53.4 Å². The van der Waals surface area contributed by atoms with Crippen molar-refractivity contribution in [1.82, 2.24) is 15.0 Å². The lowest BCUT2D eigenvalue weighted by molar-refractivity contribution is 0.669. The predicted molar refractivity (Wildman–Crippen MR) is 233 cm³/mol. The van der Waals surface area contributed by atoms with Crippen molar-refractivity contribution in [2.45, 2.75) is 0 Å². The highest BCUT2D eigenvalue weighted by Gasteiger charge is 2.20. The van der Waals surface area contributed by atoms with Crippen LogP contribution < -0.4 is 0 Å². The maximum absolute atomic E-state index is 6.45. The van der Waals surface area contributed by atoms with E-state index in [0.29, 0.717) is 17.5 Å². The molecule has 3 heterocycles. The molecule has 11 rings (SSSR count). The van der Waals surface area contributed by atoms with Crippen LogP contribution in [-0.4, -0.2) is 15.0 Å². The SMILES string of the molecule is c1ccc(-c2ccc(-c3ccc(-c4ccc5sc6cccc(-c7nc(-c8ccccc8)nc(-c8cccc9c8oc8ccccc89)n7)c6c5c4)cc3)cc2)cc1. The quantitative estimate of drug-likeness (QED) is 0.171. The van der Waals surface area contributed by atoms with Gasteiger partial charge in [0.1, 0.15) is 11.2 Å². The summed E-state index contributed by atoms with van der Waals surface area (Å²) in [4.78, 5) is 15.4. The van der Waals surface area contributed by atoms with E-state index in [1.165, 1.54) is 42.6 Å². The summed E-state index contributed by atoms with van der Waals surface area (Å²) in [6.07, 6.45) is 0. The zero-order chi connectivity index (χ0) is 37.0. The summed E-state index contributed by atoms with van der Waals surface area (Å²) in [7, 11) is 0. The molecule has 0 radical (unpaired) electrons. The van der Waals surface area contributed by atoms with Gasteiger partial charge in [-0.1, -0.05) is 158 Å². The lowest BCUT2D eigenvalue weighted by Crippen LogP contribution is -2.00. The fourth-order valence-corrected chi connectivity index (χ4v) is 8.90. The zero-order valence-corrected chi connectivity index (χ0v) is 30.9. The van der Waals surface area contributed by atoms with E-state index in [1.807, 2.05) is 60.7 Å². The number of fused-ring (bicyclic) bond motifs is 6. The molecule has 5 heteroatoms. The Morgan fingerprint density at radius 2 is 0.857 bits per heavy atom. The summed E-state index contributed by atoms with van der Waals surface area (Å²) in [6.45, 7) is 0. The average Bonchev–Trinajstić information content (AvgIpc) is 3.85. The Balaban J connectivity index is 1.02. The van der Waals surface area contributed by atoms with E-state index in [0.717, 1.165) is 49.6 Å². The van der Waals surface area contributed by atoms with E-state index in [9.17, 15) is 0 Å². The van der Waals surface area contributed by atoms with Crippen LogP contribution in [0, 0.1) is 0 Å².